The molecular formula is C22H24N2O2S. The molecule has 2 amide bonds. The average Bonchev–Trinajstić information content (AvgIpc) is 3.39. The summed E-state index contributed by atoms with van der Waals surface area (Å²) < 4.78 is 0. The van der Waals surface area contributed by atoms with Crippen LogP contribution in [0, 0.1) is 18.8 Å². The minimum atomic E-state index is -0.260. The van der Waals surface area contributed by atoms with Gasteiger partial charge in [0.15, 0.2) is 0 Å². The summed E-state index contributed by atoms with van der Waals surface area (Å²) in [5.41, 5.74) is 1.88. The Kier molecular flexibility index (Phi) is 5.12. The van der Waals surface area contributed by atoms with Crippen LogP contribution in [0.25, 0.3) is 6.08 Å². The van der Waals surface area contributed by atoms with Crippen molar-refractivity contribution in [2.24, 2.45) is 11.8 Å². The van der Waals surface area contributed by atoms with E-state index in [1.54, 1.807) is 23.5 Å². The normalized spacial score (nSPS) is 24.0. The number of thiophene rings is 1. The average molecular weight is 381 g/mol. The predicted octanol–water partition coefficient (Wildman–Crippen LogP) is 4.13. The van der Waals surface area contributed by atoms with Crippen molar-refractivity contribution < 1.29 is 9.59 Å². The Balaban J connectivity index is 1.52. The highest BCUT2D eigenvalue weighted by Crippen LogP contribution is 2.44. The van der Waals surface area contributed by atoms with Crippen molar-refractivity contribution >= 4 is 29.2 Å². The summed E-state index contributed by atoms with van der Waals surface area (Å²) in [6.07, 6.45) is 6.55. The Bertz CT molecular complexity index is 872. The third kappa shape index (κ3) is 4.14. The lowest BCUT2D eigenvalue weighted by atomic mass is 9.95. The molecule has 3 atom stereocenters. The molecule has 2 fully saturated rings. The van der Waals surface area contributed by atoms with Gasteiger partial charge < -0.3 is 10.6 Å². The Morgan fingerprint density at radius 1 is 1.15 bits per heavy atom. The second-order valence-corrected chi connectivity index (χ2v) is 8.63. The molecule has 2 aliphatic rings. The van der Waals surface area contributed by atoms with E-state index in [0.29, 0.717) is 17.2 Å². The molecule has 2 bridgehead atoms. The van der Waals surface area contributed by atoms with Gasteiger partial charge >= 0.3 is 0 Å². The fourth-order valence-corrected chi connectivity index (χ4v) is 4.98. The van der Waals surface area contributed by atoms with Gasteiger partial charge in [0.1, 0.15) is 5.70 Å². The Morgan fingerprint density at radius 2 is 2.04 bits per heavy atom. The molecule has 1 heterocycles. The highest BCUT2D eigenvalue weighted by atomic mass is 32.1. The number of rotatable bonds is 5. The fourth-order valence-electron chi connectivity index (χ4n) is 4.32. The Morgan fingerprint density at radius 3 is 2.70 bits per heavy atom. The smallest absolute Gasteiger partial charge is 0.268 e. The van der Waals surface area contributed by atoms with E-state index in [0.717, 1.165) is 22.8 Å². The lowest BCUT2D eigenvalue weighted by Crippen LogP contribution is -2.42. The quantitative estimate of drug-likeness (QED) is 0.766. The van der Waals surface area contributed by atoms with Crippen molar-refractivity contribution in [2.75, 3.05) is 0 Å². The molecule has 0 saturated heterocycles. The minimum absolute atomic E-state index is 0.193. The Labute approximate surface area is 163 Å². The topological polar surface area (TPSA) is 58.2 Å². The first-order chi connectivity index (χ1) is 13.1. The monoisotopic (exact) mass is 380 g/mol. The van der Waals surface area contributed by atoms with Gasteiger partial charge in [0.05, 0.1) is 0 Å². The van der Waals surface area contributed by atoms with E-state index in [-0.39, 0.29) is 17.9 Å². The molecule has 27 heavy (non-hydrogen) atoms. The number of hydrogen-bond acceptors (Lipinski definition) is 3. The van der Waals surface area contributed by atoms with Gasteiger partial charge in [-0.25, -0.2) is 0 Å². The molecule has 4 nitrogen and oxygen atoms in total. The van der Waals surface area contributed by atoms with Crippen molar-refractivity contribution in [1.29, 1.82) is 0 Å². The summed E-state index contributed by atoms with van der Waals surface area (Å²) in [5.74, 6) is 0.896. The van der Waals surface area contributed by atoms with Crippen LogP contribution in [0.5, 0.6) is 0 Å². The van der Waals surface area contributed by atoms with Gasteiger partial charge in [-0.15, -0.1) is 11.3 Å². The largest absolute Gasteiger partial charge is 0.348 e. The molecule has 5 heteroatoms. The third-order valence-corrected chi connectivity index (χ3v) is 6.48. The van der Waals surface area contributed by atoms with E-state index in [4.69, 9.17) is 0 Å². The molecule has 1 aromatic heterocycles. The molecule has 4 rings (SSSR count). The second kappa shape index (κ2) is 7.69. The maximum Gasteiger partial charge on any atom is 0.268 e. The van der Waals surface area contributed by atoms with Crippen LogP contribution >= 0.6 is 11.3 Å². The first-order valence-corrected chi connectivity index (χ1v) is 10.4. The van der Waals surface area contributed by atoms with Crippen LogP contribution in [0.2, 0.25) is 0 Å². The van der Waals surface area contributed by atoms with Crippen molar-refractivity contribution in [3.8, 4) is 0 Å². The SMILES string of the molecule is Cc1cccc(C(=O)N/C(=C\c2cccs2)C(=O)NC2CC3CCC2C3)c1. The molecule has 140 valence electrons. The number of fused-ring (bicyclic) bond motifs is 2. The van der Waals surface area contributed by atoms with E-state index >= 15 is 0 Å². The number of hydrogen-bond donors (Lipinski definition) is 2. The molecule has 2 aliphatic carbocycles. The maximum absolute atomic E-state index is 12.9. The highest BCUT2D eigenvalue weighted by molar-refractivity contribution is 7.10. The van der Waals surface area contributed by atoms with Crippen LogP contribution in [-0.2, 0) is 4.79 Å². The van der Waals surface area contributed by atoms with Crippen molar-refractivity contribution in [3.63, 3.8) is 0 Å². The summed E-state index contributed by atoms with van der Waals surface area (Å²) in [6, 6.07) is 11.5. The molecule has 0 radical (unpaired) electrons. The Hall–Kier alpha value is -2.40. The number of benzene rings is 1. The molecule has 3 unspecified atom stereocenters. The van der Waals surface area contributed by atoms with E-state index < -0.39 is 0 Å². The molecule has 1 aromatic carbocycles. The molecule has 2 aromatic rings. The summed E-state index contributed by atoms with van der Waals surface area (Å²) in [6.45, 7) is 1.95. The van der Waals surface area contributed by atoms with Gasteiger partial charge in [-0.3, -0.25) is 9.59 Å². The second-order valence-electron chi connectivity index (χ2n) is 7.65. The van der Waals surface area contributed by atoms with E-state index in [1.807, 2.05) is 42.6 Å². The van der Waals surface area contributed by atoms with E-state index in [9.17, 15) is 9.59 Å². The maximum atomic E-state index is 12.9. The van der Waals surface area contributed by atoms with Gasteiger partial charge in [-0.05, 0) is 67.7 Å². The molecule has 2 N–H and O–H groups in total. The zero-order chi connectivity index (χ0) is 18.8. The zero-order valence-corrected chi connectivity index (χ0v) is 16.2. The highest BCUT2D eigenvalue weighted by Gasteiger charge is 2.40. The van der Waals surface area contributed by atoms with Crippen LogP contribution < -0.4 is 10.6 Å². The van der Waals surface area contributed by atoms with Crippen LogP contribution in [0.4, 0.5) is 0 Å². The summed E-state index contributed by atoms with van der Waals surface area (Å²) in [5, 5.41) is 7.97. The summed E-state index contributed by atoms with van der Waals surface area (Å²) >= 11 is 1.54. The predicted molar refractivity (Wildman–Crippen MR) is 108 cm³/mol. The fraction of sp³-hybridized carbons (Fsp3) is 0.364. The van der Waals surface area contributed by atoms with Gasteiger partial charge in [-0.2, -0.15) is 0 Å². The molecular weight excluding hydrogens is 356 g/mol. The first kappa shape index (κ1) is 18.0. The lowest BCUT2D eigenvalue weighted by Gasteiger charge is -2.23. The van der Waals surface area contributed by atoms with Crippen LogP contribution in [0.3, 0.4) is 0 Å². The van der Waals surface area contributed by atoms with Crippen molar-refractivity contribution in [1.82, 2.24) is 10.6 Å². The lowest BCUT2D eigenvalue weighted by molar-refractivity contribution is -0.118. The number of aryl methyl sites for hydroxylation is 1. The number of carbonyl (C=O) groups excluding carboxylic acids is 2. The van der Waals surface area contributed by atoms with Crippen LogP contribution in [0.1, 0.15) is 46.5 Å². The summed E-state index contributed by atoms with van der Waals surface area (Å²) in [7, 11) is 0. The number of nitrogens with one attached hydrogen (secondary N) is 2. The van der Waals surface area contributed by atoms with Crippen LogP contribution in [0.15, 0.2) is 47.5 Å². The van der Waals surface area contributed by atoms with Gasteiger partial charge in [0.25, 0.3) is 11.8 Å². The van der Waals surface area contributed by atoms with E-state index in [2.05, 4.69) is 10.6 Å². The minimum Gasteiger partial charge on any atom is -0.348 e. The molecule has 0 aliphatic heterocycles. The van der Waals surface area contributed by atoms with E-state index in [1.165, 1.54) is 19.3 Å². The number of amides is 2. The van der Waals surface area contributed by atoms with Crippen molar-refractivity contribution in [3.05, 3.63) is 63.5 Å². The molecule has 0 spiro atoms. The van der Waals surface area contributed by atoms with Gasteiger partial charge in [0.2, 0.25) is 0 Å². The van der Waals surface area contributed by atoms with Gasteiger partial charge in [0, 0.05) is 16.5 Å². The third-order valence-electron chi connectivity index (χ3n) is 5.66. The standard InChI is InChI=1S/C22H24N2O2S/c1-14-4-2-5-17(10-14)21(25)24-20(13-18-6-3-9-27-18)22(26)23-19-12-15-7-8-16(19)11-15/h2-6,9-10,13,15-16,19H,7-8,11-12H2,1H3,(H,23,26)(H,24,25)/b20-13-. The molecule has 2 saturated carbocycles. The van der Waals surface area contributed by atoms with Crippen molar-refractivity contribution in [2.45, 2.75) is 38.6 Å². The number of carbonyl (C=O) groups is 2. The van der Waals surface area contributed by atoms with Crippen LogP contribution in [-0.4, -0.2) is 17.9 Å². The first-order valence-electron chi connectivity index (χ1n) is 9.52. The van der Waals surface area contributed by atoms with Gasteiger partial charge in [-0.1, -0.05) is 30.2 Å². The summed E-state index contributed by atoms with van der Waals surface area (Å²) in [4.78, 5) is 26.6. The zero-order valence-electron chi connectivity index (χ0n) is 15.4.